The van der Waals surface area contributed by atoms with Gasteiger partial charge in [0.1, 0.15) is 5.75 Å². The summed E-state index contributed by atoms with van der Waals surface area (Å²) in [6.07, 6.45) is 5.80. The number of hydrogen-bond acceptors (Lipinski definition) is 2. The van der Waals surface area contributed by atoms with Crippen LogP contribution in [0, 0.1) is 0 Å². The largest absolute Gasteiger partial charge is 0.493 e. The number of benzene rings is 1. The molecule has 0 unspecified atom stereocenters. The molecule has 1 heterocycles. The van der Waals surface area contributed by atoms with Gasteiger partial charge in [0.15, 0.2) is 0 Å². The molecule has 2 rings (SSSR count). The van der Waals surface area contributed by atoms with Crippen molar-refractivity contribution in [3.05, 3.63) is 28.3 Å². The fourth-order valence-corrected chi connectivity index (χ4v) is 2.71. The Balaban J connectivity index is 1.82. The van der Waals surface area contributed by atoms with E-state index >= 15 is 0 Å². The number of unbranched alkanes of at least 4 members (excludes halogenated alkanes) is 2. The van der Waals surface area contributed by atoms with Crippen LogP contribution in [0.15, 0.2) is 12.1 Å². The first kappa shape index (κ1) is 13.7. The molecule has 0 fully saturated rings. The van der Waals surface area contributed by atoms with Gasteiger partial charge in [0.25, 0.3) is 0 Å². The van der Waals surface area contributed by atoms with Crippen LogP contribution in [0.2, 0.25) is 5.02 Å². The molecule has 3 heteroatoms. The molecule has 0 amide bonds. The first-order valence-electron chi connectivity index (χ1n) is 6.96. The minimum absolute atomic E-state index is 0.809. The molecular formula is C15H22ClNO. The Labute approximate surface area is 115 Å². The molecule has 0 radical (unpaired) electrons. The van der Waals surface area contributed by atoms with Crippen LogP contribution in [-0.2, 0) is 12.8 Å². The molecule has 0 aliphatic carbocycles. The highest BCUT2D eigenvalue weighted by Crippen LogP contribution is 2.33. The predicted molar refractivity (Wildman–Crippen MR) is 76.7 cm³/mol. The number of rotatable bonds is 7. The van der Waals surface area contributed by atoms with Crippen LogP contribution in [0.1, 0.15) is 37.3 Å². The van der Waals surface area contributed by atoms with E-state index in [9.17, 15) is 0 Å². The Hall–Kier alpha value is -0.730. The summed E-state index contributed by atoms with van der Waals surface area (Å²) >= 11 is 6.14. The van der Waals surface area contributed by atoms with Crippen LogP contribution >= 0.6 is 11.6 Å². The maximum absolute atomic E-state index is 6.14. The molecule has 18 heavy (non-hydrogen) atoms. The molecule has 100 valence electrons. The maximum Gasteiger partial charge on any atom is 0.125 e. The summed E-state index contributed by atoms with van der Waals surface area (Å²) in [4.78, 5) is 0. The monoisotopic (exact) mass is 267 g/mol. The third-order valence-electron chi connectivity index (χ3n) is 3.38. The topological polar surface area (TPSA) is 21.3 Å². The number of hydrogen-bond donors (Lipinski definition) is 1. The maximum atomic E-state index is 6.14. The van der Waals surface area contributed by atoms with Gasteiger partial charge in [-0.2, -0.15) is 0 Å². The molecule has 1 aromatic rings. The molecule has 0 bridgehead atoms. The van der Waals surface area contributed by atoms with Crippen LogP contribution in [0.5, 0.6) is 5.75 Å². The number of fused-ring (bicyclic) bond motifs is 1. The van der Waals surface area contributed by atoms with Gasteiger partial charge in [-0.3, -0.25) is 0 Å². The Morgan fingerprint density at radius 2 is 2.17 bits per heavy atom. The molecule has 2 nitrogen and oxygen atoms in total. The summed E-state index contributed by atoms with van der Waals surface area (Å²) < 4.78 is 5.71. The van der Waals surface area contributed by atoms with Gasteiger partial charge in [-0.05, 0) is 55.6 Å². The third kappa shape index (κ3) is 3.63. The molecule has 1 N–H and O–H groups in total. The van der Waals surface area contributed by atoms with E-state index in [1.54, 1.807) is 0 Å². The summed E-state index contributed by atoms with van der Waals surface area (Å²) in [6.45, 7) is 5.14. The van der Waals surface area contributed by atoms with Crippen LogP contribution in [-0.4, -0.2) is 19.7 Å². The van der Waals surface area contributed by atoms with Crippen molar-refractivity contribution in [2.45, 2.75) is 39.0 Å². The highest BCUT2D eigenvalue weighted by Gasteiger charge is 2.16. The Kier molecular flexibility index (Phi) is 5.33. The second-order valence-corrected chi connectivity index (χ2v) is 5.25. The van der Waals surface area contributed by atoms with E-state index in [0.29, 0.717) is 0 Å². The van der Waals surface area contributed by atoms with Crippen molar-refractivity contribution in [3.63, 3.8) is 0 Å². The van der Waals surface area contributed by atoms with Crippen molar-refractivity contribution in [3.8, 4) is 5.75 Å². The average molecular weight is 268 g/mol. The summed E-state index contributed by atoms with van der Waals surface area (Å²) in [6, 6.07) is 4.11. The molecule has 0 aromatic heterocycles. The van der Waals surface area contributed by atoms with Crippen LogP contribution in [0.25, 0.3) is 0 Å². The highest BCUT2D eigenvalue weighted by molar-refractivity contribution is 6.30. The highest BCUT2D eigenvalue weighted by atomic mass is 35.5. The van der Waals surface area contributed by atoms with Crippen LogP contribution < -0.4 is 10.1 Å². The van der Waals surface area contributed by atoms with Crippen molar-refractivity contribution >= 4 is 11.6 Å². The first-order chi connectivity index (χ1) is 8.81. The summed E-state index contributed by atoms with van der Waals surface area (Å²) in [5.41, 5.74) is 2.57. The van der Waals surface area contributed by atoms with Gasteiger partial charge in [0.2, 0.25) is 0 Å². The molecule has 0 saturated carbocycles. The number of halogens is 1. The van der Waals surface area contributed by atoms with Gasteiger partial charge in [-0.25, -0.2) is 0 Å². The van der Waals surface area contributed by atoms with Crippen molar-refractivity contribution in [2.24, 2.45) is 0 Å². The van der Waals surface area contributed by atoms with Gasteiger partial charge in [-0.15, -0.1) is 0 Å². The Morgan fingerprint density at radius 3 is 3.00 bits per heavy atom. The lowest BCUT2D eigenvalue weighted by Crippen LogP contribution is -2.13. The van der Waals surface area contributed by atoms with Gasteiger partial charge in [0.05, 0.1) is 6.61 Å². The molecule has 0 atom stereocenters. The van der Waals surface area contributed by atoms with Crippen molar-refractivity contribution in [2.75, 3.05) is 19.7 Å². The van der Waals surface area contributed by atoms with Gasteiger partial charge >= 0.3 is 0 Å². The second kappa shape index (κ2) is 7.01. The van der Waals surface area contributed by atoms with Crippen LogP contribution in [0.3, 0.4) is 0 Å². The minimum atomic E-state index is 0.809. The Morgan fingerprint density at radius 1 is 1.28 bits per heavy atom. The first-order valence-corrected chi connectivity index (χ1v) is 7.34. The lowest BCUT2D eigenvalue weighted by molar-refractivity contribution is 0.353. The lowest BCUT2D eigenvalue weighted by atomic mass is 10.0. The van der Waals surface area contributed by atoms with Gasteiger partial charge in [-0.1, -0.05) is 24.9 Å². The van der Waals surface area contributed by atoms with Crippen molar-refractivity contribution < 1.29 is 4.74 Å². The minimum Gasteiger partial charge on any atom is -0.493 e. The molecule has 0 spiro atoms. The average Bonchev–Trinajstić information content (AvgIpc) is 2.81. The zero-order valence-corrected chi connectivity index (χ0v) is 11.9. The third-order valence-corrected chi connectivity index (χ3v) is 3.59. The van der Waals surface area contributed by atoms with E-state index in [1.807, 2.05) is 6.07 Å². The van der Waals surface area contributed by atoms with Gasteiger partial charge < -0.3 is 10.1 Å². The normalized spacial score (nSPS) is 13.4. The smallest absolute Gasteiger partial charge is 0.125 e. The molecule has 0 saturated heterocycles. The quantitative estimate of drug-likeness (QED) is 0.763. The molecule has 1 aliphatic rings. The fourth-order valence-electron chi connectivity index (χ4n) is 2.45. The van der Waals surface area contributed by atoms with Crippen molar-refractivity contribution in [1.29, 1.82) is 0 Å². The summed E-state index contributed by atoms with van der Waals surface area (Å²) in [7, 11) is 0. The van der Waals surface area contributed by atoms with E-state index < -0.39 is 0 Å². The number of ether oxygens (including phenoxy) is 1. The second-order valence-electron chi connectivity index (χ2n) is 4.82. The lowest BCUT2D eigenvalue weighted by Gasteiger charge is -2.09. The van der Waals surface area contributed by atoms with E-state index in [4.69, 9.17) is 16.3 Å². The van der Waals surface area contributed by atoms with E-state index in [-0.39, 0.29) is 0 Å². The zero-order chi connectivity index (χ0) is 12.8. The zero-order valence-electron chi connectivity index (χ0n) is 11.1. The molecular weight excluding hydrogens is 246 g/mol. The summed E-state index contributed by atoms with van der Waals surface area (Å²) in [5.74, 6) is 1.10. The molecule has 1 aliphatic heterocycles. The van der Waals surface area contributed by atoms with E-state index in [1.165, 1.54) is 30.4 Å². The SMILES string of the molecule is CCNCCCCCc1cc(Cl)cc2c1OCC2. The van der Waals surface area contributed by atoms with Crippen LogP contribution in [0.4, 0.5) is 0 Å². The fraction of sp³-hybridized carbons (Fsp3) is 0.600. The van der Waals surface area contributed by atoms with Crippen molar-refractivity contribution in [1.82, 2.24) is 5.32 Å². The standard InChI is InChI=1S/C15H22ClNO/c1-2-17-8-5-3-4-6-12-10-14(16)11-13-7-9-18-15(12)13/h10-11,17H,2-9H2,1H3. The number of aryl methyl sites for hydroxylation is 1. The van der Waals surface area contributed by atoms with Gasteiger partial charge in [0, 0.05) is 11.4 Å². The predicted octanol–water partition coefficient (Wildman–Crippen LogP) is 3.60. The Bertz CT molecular complexity index is 392. The van der Waals surface area contributed by atoms with E-state index in [0.717, 1.165) is 43.3 Å². The summed E-state index contributed by atoms with van der Waals surface area (Å²) in [5, 5.41) is 4.20. The number of nitrogens with one attached hydrogen (secondary N) is 1. The molecule has 1 aromatic carbocycles. The van der Waals surface area contributed by atoms with E-state index in [2.05, 4.69) is 18.3 Å².